The Morgan fingerprint density at radius 3 is 2.92 bits per heavy atom. The Bertz CT molecular complexity index is 300. The summed E-state index contributed by atoms with van der Waals surface area (Å²) in [6, 6.07) is 0. The molecule has 0 saturated carbocycles. The van der Waals surface area contributed by atoms with Crippen molar-refractivity contribution in [3.8, 4) is 0 Å². The van der Waals surface area contributed by atoms with E-state index in [9.17, 15) is 0 Å². The second kappa shape index (κ2) is 2.23. The van der Waals surface area contributed by atoms with E-state index in [1.54, 1.807) is 0 Å². The van der Waals surface area contributed by atoms with Gasteiger partial charge in [-0.25, -0.2) is 0 Å². The highest BCUT2D eigenvalue weighted by Crippen LogP contribution is 2.32. The molecule has 2 rings (SSSR count). The molecule has 4 nitrogen and oxygen atoms in total. The second-order valence-corrected chi connectivity index (χ2v) is 3.65. The first-order valence-corrected chi connectivity index (χ1v) is 4.15. The van der Waals surface area contributed by atoms with Gasteiger partial charge in [0.1, 0.15) is 0 Å². The highest BCUT2D eigenvalue weighted by molar-refractivity contribution is 5.50. The summed E-state index contributed by atoms with van der Waals surface area (Å²) in [5.41, 5.74) is 2.51. The summed E-state index contributed by atoms with van der Waals surface area (Å²) < 4.78 is 0. The van der Waals surface area contributed by atoms with Gasteiger partial charge >= 0.3 is 0 Å². The van der Waals surface area contributed by atoms with Crippen molar-refractivity contribution >= 4 is 5.82 Å². The number of aromatic amines is 1. The van der Waals surface area contributed by atoms with Gasteiger partial charge in [-0.1, -0.05) is 0 Å². The maximum absolute atomic E-state index is 4.18. The zero-order valence-corrected chi connectivity index (χ0v) is 7.65. The summed E-state index contributed by atoms with van der Waals surface area (Å²) in [5.74, 6) is 0.961. The molecule has 66 valence electrons. The number of nitrogens with zero attached hydrogens (tertiary/aromatic N) is 1. The molecule has 1 aromatic heterocycles. The third-order valence-electron chi connectivity index (χ3n) is 2.44. The summed E-state index contributed by atoms with van der Waals surface area (Å²) in [6.45, 7) is 5.20. The molecule has 0 radical (unpaired) electrons. The molecule has 0 aliphatic carbocycles. The van der Waals surface area contributed by atoms with Crippen molar-refractivity contribution in [2.45, 2.75) is 25.9 Å². The molecule has 3 N–H and O–H groups in total. The van der Waals surface area contributed by atoms with Crippen LogP contribution in [0.1, 0.15) is 25.1 Å². The van der Waals surface area contributed by atoms with Crippen LogP contribution in [0.25, 0.3) is 0 Å². The summed E-state index contributed by atoms with van der Waals surface area (Å²) >= 11 is 0. The van der Waals surface area contributed by atoms with E-state index >= 15 is 0 Å². The fourth-order valence-electron chi connectivity index (χ4n) is 1.66. The van der Waals surface area contributed by atoms with E-state index in [1.165, 1.54) is 11.3 Å². The lowest BCUT2D eigenvalue weighted by Gasteiger charge is -2.16. The molecule has 1 aliphatic rings. The largest absolute Gasteiger partial charge is 0.371 e. The van der Waals surface area contributed by atoms with E-state index < -0.39 is 0 Å². The minimum Gasteiger partial charge on any atom is -0.371 e. The number of fused-ring (bicyclic) bond motifs is 1. The van der Waals surface area contributed by atoms with Crippen LogP contribution in [0.4, 0.5) is 5.82 Å². The van der Waals surface area contributed by atoms with Gasteiger partial charge in [0.2, 0.25) is 0 Å². The van der Waals surface area contributed by atoms with Crippen molar-refractivity contribution in [3.63, 3.8) is 0 Å². The zero-order valence-electron chi connectivity index (χ0n) is 7.65. The minimum absolute atomic E-state index is 0.0391. The number of aromatic nitrogens is 2. The smallest absolute Gasteiger partial charge is 0.152 e. The van der Waals surface area contributed by atoms with Gasteiger partial charge in [0.15, 0.2) is 5.82 Å². The standard InChI is InChI=1S/C8H14N4/c1-8(2)6-5(4-10-8)7(9-3)12-11-6/h10H,4H2,1-3H3,(H2,9,11,12). The molecule has 4 heteroatoms. The van der Waals surface area contributed by atoms with Crippen molar-refractivity contribution in [2.75, 3.05) is 12.4 Å². The van der Waals surface area contributed by atoms with Gasteiger partial charge in [-0.05, 0) is 13.8 Å². The third kappa shape index (κ3) is 0.845. The lowest BCUT2D eigenvalue weighted by molar-refractivity contribution is 0.429. The number of H-pyrrole nitrogens is 1. The molecule has 1 aliphatic heterocycles. The summed E-state index contributed by atoms with van der Waals surface area (Å²) in [6.07, 6.45) is 0. The molecular formula is C8H14N4. The maximum atomic E-state index is 4.18. The van der Waals surface area contributed by atoms with Gasteiger partial charge < -0.3 is 10.6 Å². The van der Waals surface area contributed by atoms with Crippen molar-refractivity contribution in [1.82, 2.24) is 15.5 Å². The molecule has 12 heavy (non-hydrogen) atoms. The van der Waals surface area contributed by atoms with Crippen LogP contribution in [0.2, 0.25) is 0 Å². The van der Waals surface area contributed by atoms with Gasteiger partial charge in [0, 0.05) is 19.2 Å². The van der Waals surface area contributed by atoms with E-state index in [0.29, 0.717) is 0 Å². The molecule has 0 saturated heterocycles. The molecule has 0 spiro atoms. The van der Waals surface area contributed by atoms with Crippen LogP contribution in [-0.2, 0) is 12.1 Å². The van der Waals surface area contributed by atoms with E-state index in [2.05, 4.69) is 34.7 Å². The fraction of sp³-hybridized carbons (Fsp3) is 0.625. The summed E-state index contributed by atoms with van der Waals surface area (Å²) in [7, 11) is 1.89. The Labute approximate surface area is 71.7 Å². The van der Waals surface area contributed by atoms with Crippen LogP contribution in [0.3, 0.4) is 0 Å². The number of hydrogen-bond acceptors (Lipinski definition) is 3. The van der Waals surface area contributed by atoms with Crippen LogP contribution in [0.5, 0.6) is 0 Å². The Morgan fingerprint density at radius 2 is 2.25 bits per heavy atom. The highest BCUT2D eigenvalue weighted by Gasteiger charge is 2.33. The first kappa shape index (κ1) is 7.61. The van der Waals surface area contributed by atoms with E-state index in [1.807, 2.05) is 7.05 Å². The van der Waals surface area contributed by atoms with Gasteiger partial charge in [0.05, 0.1) is 11.2 Å². The van der Waals surface area contributed by atoms with Gasteiger partial charge in [-0.2, -0.15) is 5.10 Å². The van der Waals surface area contributed by atoms with Crippen molar-refractivity contribution in [3.05, 3.63) is 11.3 Å². The molecular weight excluding hydrogens is 152 g/mol. The van der Waals surface area contributed by atoms with Gasteiger partial charge in [0.25, 0.3) is 0 Å². The van der Waals surface area contributed by atoms with Crippen LogP contribution >= 0.6 is 0 Å². The highest BCUT2D eigenvalue weighted by atomic mass is 15.2. The van der Waals surface area contributed by atoms with Gasteiger partial charge in [-0.3, -0.25) is 5.10 Å². The Hall–Kier alpha value is -1.03. The van der Waals surface area contributed by atoms with E-state index in [-0.39, 0.29) is 5.54 Å². The molecule has 2 heterocycles. The van der Waals surface area contributed by atoms with E-state index in [0.717, 1.165) is 12.4 Å². The lowest BCUT2D eigenvalue weighted by Crippen LogP contribution is -2.29. The number of hydrogen-bond donors (Lipinski definition) is 3. The molecule has 0 atom stereocenters. The SMILES string of the molecule is CNc1n[nH]c2c1CNC2(C)C. The lowest BCUT2D eigenvalue weighted by atomic mass is 10.0. The Balaban J connectivity index is 2.49. The molecule has 0 unspecified atom stereocenters. The first-order valence-electron chi connectivity index (χ1n) is 4.15. The van der Waals surface area contributed by atoms with Crippen LogP contribution in [0, 0.1) is 0 Å². The predicted octanol–water partition coefficient (Wildman–Crippen LogP) is 0.790. The molecule has 0 fully saturated rings. The zero-order chi connectivity index (χ0) is 8.77. The molecule has 1 aromatic rings. The summed E-state index contributed by atoms with van der Waals surface area (Å²) in [5, 5.41) is 13.7. The average molecular weight is 166 g/mol. The molecule has 0 amide bonds. The molecule has 0 aromatic carbocycles. The minimum atomic E-state index is 0.0391. The van der Waals surface area contributed by atoms with Crippen molar-refractivity contribution in [1.29, 1.82) is 0 Å². The normalized spacial score (nSPS) is 19.2. The van der Waals surface area contributed by atoms with Crippen LogP contribution in [-0.4, -0.2) is 17.2 Å². The third-order valence-corrected chi connectivity index (χ3v) is 2.44. The maximum Gasteiger partial charge on any atom is 0.152 e. The van der Waals surface area contributed by atoms with Crippen molar-refractivity contribution in [2.24, 2.45) is 0 Å². The Kier molecular flexibility index (Phi) is 1.41. The molecule has 0 bridgehead atoms. The predicted molar refractivity (Wildman–Crippen MR) is 48.0 cm³/mol. The topological polar surface area (TPSA) is 52.7 Å². The summed E-state index contributed by atoms with van der Waals surface area (Å²) in [4.78, 5) is 0. The number of nitrogens with one attached hydrogen (secondary N) is 3. The average Bonchev–Trinajstić information content (AvgIpc) is 2.53. The van der Waals surface area contributed by atoms with Crippen LogP contribution in [0.15, 0.2) is 0 Å². The van der Waals surface area contributed by atoms with Crippen LogP contribution < -0.4 is 10.6 Å². The Morgan fingerprint density at radius 1 is 1.50 bits per heavy atom. The van der Waals surface area contributed by atoms with Crippen molar-refractivity contribution < 1.29 is 0 Å². The van der Waals surface area contributed by atoms with E-state index in [4.69, 9.17) is 0 Å². The monoisotopic (exact) mass is 166 g/mol. The fourth-order valence-corrected chi connectivity index (χ4v) is 1.66. The van der Waals surface area contributed by atoms with Gasteiger partial charge in [-0.15, -0.1) is 0 Å². The first-order chi connectivity index (χ1) is 5.65. The number of rotatable bonds is 1. The second-order valence-electron chi connectivity index (χ2n) is 3.65. The number of anilines is 1. The quantitative estimate of drug-likeness (QED) is 0.578.